The van der Waals surface area contributed by atoms with E-state index in [1.807, 2.05) is 12.1 Å². The van der Waals surface area contributed by atoms with Gasteiger partial charge in [0.05, 0.1) is 10.8 Å². The molecule has 0 aliphatic carbocycles. The van der Waals surface area contributed by atoms with Crippen LogP contribution < -0.4 is 5.73 Å². The Morgan fingerprint density at radius 2 is 2.31 bits per heavy atom. The smallest absolute Gasteiger partial charge is 0.0533 e. The van der Waals surface area contributed by atoms with Crippen molar-refractivity contribution in [3.8, 4) is 0 Å². The molecule has 0 amide bonds. The van der Waals surface area contributed by atoms with Crippen LogP contribution in [0.15, 0.2) is 23.1 Å². The molecule has 0 saturated carbocycles. The van der Waals surface area contributed by atoms with Crippen LogP contribution in [0.5, 0.6) is 0 Å². The fraction of sp³-hybridized carbons (Fsp3) is 0.333. The molecule has 2 rings (SSSR count). The third kappa shape index (κ3) is 1.64. The number of nitrogens with two attached hydrogens (primary N) is 1. The van der Waals surface area contributed by atoms with Gasteiger partial charge in [-0.2, -0.15) is 0 Å². The Kier molecular flexibility index (Phi) is 2.41. The summed E-state index contributed by atoms with van der Waals surface area (Å²) >= 11 is 5.84. The zero-order valence-electron chi connectivity index (χ0n) is 7.00. The predicted molar refractivity (Wildman–Crippen MR) is 54.3 cm³/mol. The Balaban J connectivity index is 2.57. The highest BCUT2D eigenvalue weighted by atomic mass is 35.5. The minimum Gasteiger partial charge on any atom is -0.324 e. The van der Waals surface area contributed by atoms with Crippen LogP contribution in [0, 0.1) is 0 Å². The molecular formula is C9H10ClNOS. The van der Waals surface area contributed by atoms with Crippen molar-refractivity contribution < 1.29 is 4.21 Å². The predicted octanol–water partition coefficient (Wildman–Crippen LogP) is 1.85. The molecule has 0 radical (unpaired) electrons. The molecule has 13 heavy (non-hydrogen) atoms. The molecule has 0 spiro atoms. The second-order valence-corrected chi connectivity index (χ2v) is 5.10. The SMILES string of the molecule is NC1CCS(=O)c2ccc(Cl)cc21. The molecular weight excluding hydrogens is 206 g/mol. The zero-order valence-corrected chi connectivity index (χ0v) is 8.57. The molecule has 2 nitrogen and oxygen atoms in total. The molecule has 1 aliphatic heterocycles. The lowest BCUT2D eigenvalue weighted by molar-refractivity contribution is 0.637. The van der Waals surface area contributed by atoms with E-state index < -0.39 is 10.8 Å². The molecule has 2 N–H and O–H groups in total. The van der Waals surface area contributed by atoms with Crippen LogP contribution in [-0.4, -0.2) is 9.96 Å². The number of benzene rings is 1. The average Bonchev–Trinajstić information content (AvgIpc) is 2.12. The Hall–Kier alpha value is -0.380. The maximum Gasteiger partial charge on any atom is 0.0533 e. The number of fused-ring (bicyclic) bond motifs is 1. The van der Waals surface area contributed by atoms with E-state index in [9.17, 15) is 4.21 Å². The van der Waals surface area contributed by atoms with E-state index >= 15 is 0 Å². The van der Waals surface area contributed by atoms with E-state index in [1.165, 1.54) is 0 Å². The quantitative estimate of drug-likeness (QED) is 0.718. The van der Waals surface area contributed by atoms with Crippen molar-refractivity contribution in [1.29, 1.82) is 0 Å². The van der Waals surface area contributed by atoms with Crippen molar-refractivity contribution in [2.45, 2.75) is 17.4 Å². The molecule has 70 valence electrons. The average molecular weight is 216 g/mol. The van der Waals surface area contributed by atoms with Crippen LogP contribution in [0.2, 0.25) is 5.02 Å². The fourth-order valence-corrected chi connectivity index (χ4v) is 3.08. The summed E-state index contributed by atoms with van der Waals surface area (Å²) < 4.78 is 11.6. The highest BCUT2D eigenvalue weighted by Gasteiger charge is 2.21. The lowest BCUT2D eigenvalue weighted by Crippen LogP contribution is -2.21. The summed E-state index contributed by atoms with van der Waals surface area (Å²) in [6, 6.07) is 5.38. The van der Waals surface area contributed by atoms with Crippen molar-refractivity contribution in [1.82, 2.24) is 0 Å². The Morgan fingerprint density at radius 1 is 1.54 bits per heavy atom. The van der Waals surface area contributed by atoms with Crippen molar-refractivity contribution >= 4 is 22.4 Å². The van der Waals surface area contributed by atoms with Crippen molar-refractivity contribution in [3.63, 3.8) is 0 Å². The maximum atomic E-state index is 11.6. The number of hydrogen-bond acceptors (Lipinski definition) is 2. The third-order valence-corrected chi connectivity index (χ3v) is 3.93. The number of rotatable bonds is 0. The van der Waals surface area contributed by atoms with Crippen molar-refractivity contribution in [3.05, 3.63) is 28.8 Å². The maximum absolute atomic E-state index is 11.6. The van der Waals surface area contributed by atoms with Gasteiger partial charge in [-0.1, -0.05) is 11.6 Å². The van der Waals surface area contributed by atoms with Gasteiger partial charge in [-0.3, -0.25) is 4.21 Å². The highest BCUT2D eigenvalue weighted by molar-refractivity contribution is 7.85. The zero-order chi connectivity index (χ0) is 9.42. The molecule has 0 bridgehead atoms. The summed E-state index contributed by atoms with van der Waals surface area (Å²) in [4.78, 5) is 0.850. The van der Waals surface area contributed by atoms with Crippen LogP contribution in [0.1, 0.15) is 18.0 Å². The van der Waals surface area contributed by atoms with Gasteiger partial charge in [-0.25, -0.2) is 0 Å². The van der Waals surface area contributed by atoms with E-state index in [2.05, 4.69) is 0 Å². The topological polar surface area (TPSA) is 43.1 Å². The van der Waals surface area contributed by atoms with Crippen LogP contribution in [0.25, 0.3) is 0 Å². The largest absolute Gasteiger partial charge is 0.324 e. The molecule has 0 fully saturated rings. The number of hydrogen-bond donors (Lipinski definition) is 1. The van der Waals surface area contributed by atoms with Crippen LogP contribution in [0.3, 0.4) is 0 Å². The molecule has 0 aromatic heterocycles. The van der Waals surface area contributed by atoms with E-state index in [0.717, 1.165) is 16.9 Å². The van der Waals surface area contributed by atoms with Crippen LogP contribution in [0.4, 0.5) is 0 Å². The Labute approximate surface area is 84.5 Å². The van der Waals surface area contributed by atoms with E-state index in [-0.39, 0.29) is 6.04 Å². The minimum atomic E-state index is -0.883. The summed E-state index contributed by atoms with van der Waals surface area (Å²) in [6.07, 6.45) is 0.778. The van der Waals surface area contributed by atoms with E-state index in [0.29, 0.717) is 10.8 Å². The van der Waals surface area contributed by atoms with Gasteiger partial charge >= 0.3 is 0 Å². The summed E-state index contributed by atoms with van der Waals surface area (Å²) in [5.41, 5.74) is 6.83. The van der Waals surface area contributed by atoms with Crippen LogP contribution >= 0.6 is 11.6 Å². The first-order valence-electron chi connectivity index (χ1n) is 4.12. The summed E-state index contributed by atoms with van der Waals surface area (Å²) in [5.74, 6) is 0.662. The molecule has 1 heterocycles. The second kappa shape index (κ2) is 3.40. The van der Waals surface area contributed by atoms with Gasteiger partial charge in [0, 0.05) is 21.7 Å². The normalized spacial score (nSPS) is 26.9. The lowest BCUT2D eigenvalue weighted by Gasteiger charge is -2.21. The van der Waals surface area contributed by atoms with Gasteiger partial charge in [0.1, 0.15) is 0 Å². The Bertz CT molecular complexity index is 367. The summed E-state index contributed by atoms with van der Waals surface area (Å²) in [6.45, 7) is 0. The first kappa shape index (κ1) is 9.19. The van der Waals surface area contributed by atoms with Gasteiger partial charge in [0.15, 0.2) is 0 Å². The monoisotopic (exact) mass is 215 g/mol. The molecule has 4 heteroatoms. The molecule has 1 aliphatic rings. The minimum absolute atomic E-state index is 0.00796. The first-order chi connectivity index (χ1) is 6.18. The van der Waals surface area contributed by atoms with E-state index in [4.69, 9.17) is 17.3 Å². The highest BCUT2D eigenvalue weighted by Crippen LogP contribution is 2.30. The number of halogens is 1. The van der Waals surface area contributed by atoms with Gasteiger partial charge in [-0.05, 0) is 30.2 Å². The summed E-state index contributed by atoms with van der Waals surface area (Å²) in [5, 5.41) is 0.660. The standard InChI is InChI=1S/C9H10ClNOS/c10-6-1-2-9-7(5-6)8(11)3-4-13(9)12/h1-2,5,8H,3-4,11H2. The first-order valence-corrected chi connectivity index (χ1v) is 5.81. The van der Waals surface area contributed by atoms with E-state index in [1.54, 1.807) is 6.07 Å². The van der Waals surface area contributed by atoms with Gasteiger partial charge in [0.25, 0.3) is 0 Å². The second-order valence-electron chi connectivity index (χ2n) is 3.13. The molecule has 2 atom stereocenters. The van der Waals surface area contributed by atoms with Crippen LogP contribution in [-0.2, 0) is 10.8 Å². The molecule has 1 aromatic rings. The van der Waals surface area contributed by atoms with Gasteiger partial charge < -0.3 is 5.73 Å². The van der Waals surface area contributed by atoms with Gasteiger partial charge in [0.2, 0.25) is 0 Å². The summed E-state index contributed by atoms with van der Waals surface area (Å²) in [7, 11) is -0.883. The van der Waals surface area contributed by atoms with Gasteiger partial charge in [-0.15, -0.1) is 0 Å². The third-order valence-electron chi connectivity index (χ3n) is 2.23. The fourth-order valence-electron chi connectivity index (χ4n) is 1.52. The van der Waals surface area contributed by atoms with Crippen molar-refractivity contribution in [2.75, 3.05) is 5.75 Å². The molecule has 2 unspecified atom stereocenters. The lowest BCUT2D eigenvalue weighted by atomic mass is 10.1. The molecule has 0 saturated heterocycles. The van der Waals surface area contributed by atoms with Crippen molar-refractivity contribution in [2.24, 2.45) is 5.73 Å². The molecule has 1 aromatic carbocycles. The Morgan fingerprint density at radius 3 is 3.08 bits per heavy atom.